The fourth-order valence-electron chi connectivity index (χ4n) is 2.83. The minimum Gasteiger partial charge on any atom is -0.398 e. The lowest BCUT2D eigenvalue weighted by atomic mass is 9.82. The number of hydrogen-bond donors (Lipinski definition) is 1. The minimum absolute atomic E-state index is 0.214. The van der Waals surface area contributed by atoms with Crippen LogP contribution in [0.4, 0.5) is 5.69 Å². The van der Waals surface area contributed by atoms with Crippen LogP contribution in [0.1, 0.15) is 38.2 Å². The van der Waals surface area contributed by atoms with E-state index >= 15 is 0 Å². The molecule has 3 heteroatoms. The molecule has 2 N–H and O–H groups in total. The third kappa shape index (κ3) is 3.49. The maximum absolute atomic E-state index is 12.4. The lowest BCUT2D eigenvalue weighted by Crippen LogP contribution is -2.34. The summed E-state index contributed by atoms with van der Waals surface area (Å²) in [6, 6.07) is 7.76. The third-order valence-corrected chi connectivity index (χ3v) is 4.20. The van der Waals surface area contributed by atoms with Crippen molar-refractivity contribution in [3.8, 4) is 0 Å². The summed E-state index contributed by atoms with van der Waals surface area (Å²) in [5, 5.41) is 0. The van der Waals surface area contributed by atoms with Gasteiger partial charge in [0.05, 0.1) is 0 Å². The first-order valence-corrected chi connectivity index (χ1v) is 7.16. The molecule has 1 aliphatic carbocycles. The van der Waals surface area contributed by atoms with Crippen LogP contribution in [-0.4, -0.2) is 17.9 Å². The molecule has 1 amide bonds. The first-order valence-electron chi connectivity index (χ1n) is 7.16. The van der Waals surface area contributed by atoms with Gasteiger partial charge in [-0.15, -0.1) is 0 Å². The van der Waals surface area contributed by atoms with E-state index in [0.29, 0.717) is 6.54 Å². The van der Waals surface area contributed by atoms with Crippen molar-refractivity contribution in [1.82, 2.24) is 4.90 Å². The number of rotatable bonds is 3. The number of nitrogen functional groups attached to an aromatic ring is 1. The fourth-order valence-corrected chi connectivity index (χ4v) is 2.83. The van der Waals surface area contributed by atoms with Gasteiger partial charge in [0.1, 0.15) is 0 Å². The van der Waals surface area contributed by atoms with Gasteiger partial charge in [-0.2, -0.15) is 0 Å². The van der Waals surface area contributed by atoms with Crippen LogP contribution in [0.2, 0.25) is 0 Å². The van der Waals surface area contributed by atoms with E-state index in [-0.39, 0.29) is 11.8 Å². The van der Waals surface area contributed by atoms with Crippen molar-refractivity contribution in [2.75, 3.05) is 12.8 Å². The summed E-state index contributed by atoms with van der Waals surface area (Å²) in [5.74, 6) is 1.26. The molecule has 0 aromatic heterocycles. The molecule has 1 aromatic rings. The molecule has 0 aliphatic heterocycles. The van der Waals surface area contributed by atoms with Crippen molar-refractivity contribution < 1.29 is 4.79 Å². The maximum Gasteiger partial charge on any atom is 0.225 e. The summed E-state index contributed by atoms with van der Waals surface area (Å²) >= 11 is 0. The van der Waals surface area contributed by atoms with Gasteiger partial charge in [-0.3, -0.25) is 4.79 Å². The van der Waals surface area contributed by atoms with Gasteiger partial charge in [0.2, 0.25) is 5.91 Å². The maximum atomic E-state index is 12.4. The number of benzene rings is 1. The van der Waals surface area contributed by atoms with Gasteiger partial charge in [0.25, 0.3) is 0 Å². The Kier molecular flexibility index (Phi) is 4.46. The zero-order valence-electron chi connectivity index (χ0n) is 11.9. The first-order chi connectivity index (χ1) is 9.08. The largest absolute Gasteiger partial charge is 0.398 e. The lowest BCUT2D eigenvalue weighted by Gasteiger charge is -2.29. The molecular weight excluding hydrogens is 236 g/mol. The van der Waals surface area contributed by atoms with Gasteiger partial charge in [-0.25, -0.2) is 0 Å². The van der Waals surface area contributed by atoms with Crippen molar-refractivity contribution in [3.05, 3.63) is 29.8 Å². The molecule has 0 bridgehead atoms. The number of nitrogens with two attached hydrogens (primary N) is 1. The van der Waals surface area contributed by atoms with Crippen LogP contribution >= 0.6 is 0 Å². The number of nitrogens with zero attached hydrogens (tertiary/aromatic N) is 1. The second-order valence-corrected chi connectivity index (χ2v) is 5.85. The molecule has 1 aromatic carbocycles. The molecule has 0 radical (unpaired) electrons. The van der Waals surface area contributed by atoms with E-state index in [1.165, 1.54) is 12.8 Å². The van der Waals surface area contributed by atoms with E-state index < -0.39 is 0 Å². The molecule has 0 spiro atoms. The molecule has 104 valence electrons. The van der Waals surface area contributed by atoms with E-state index in [1.807, 2.05) is 36.2 Å². The van der Waals surface area contributed by atoms with Gasteiger partial charge in [-0.05, 0) is 43.2 Å². The van der Waals surface area contributed by atoms with E-state index in [2.05, 4.69) is 6.92 Å². The molecule has 19 heavy (non-hydrogen) atoms. The summed E-state index contributed by atoms with van der Waals surface area (Å²) in [6.45, 7) is 2.88. The Morgan fingerprint density at radius 3 is 2.53 bits per heavy atom. The van der Waals surface area contributed by atoms with Crippen molar-refractivity contribution in [3.63, 3.8) is 0 Å². The molecular formula is C16H24N2O. The van der Waals surface area contributed by atoms with Gasteiger partial charge >= 0.3 is 0 Å². The zero-order valence-corrected chi connectivity index (χ0v) is 11.9. The Morgan fingerprint density at radius 2 is 1.89 bits per heavy atom. The van der Waals surface area contributed by atoms with E-state index in [9.17, 15) is 4.79 Å². The molecule has 0 unspecified atom stereocenters. The predicted octanol–water partition coefficient (Wildman–Crippen LogP) is 3.05. The SMILES string of the molecule is CC1CCC(C(=O)N(C)Cc2ccccc2N)CC1. The predicted molar refractivity (Wildman–Crippen MR) is 78.5 cm³/mol. The van der Waals surface area contributed by atoms with Crippen molar-refractivity contribution >= 4 is 11.6 Å². The van der Waals surface area contributed by atoms with Crippen LogP contribution in [0, 0.1) is 11.8 Å². The highest BCUT2D eigenvalue weighted by atomic mass is 16.2. The monoisotopic (exact) mass is 260 g/mol. The molecule has 0 heterocycles. The van der Waals surface area contributed by atoms with Crippen LogP contribution in [0.15, 0.2) is 24.3 Å². The van der Waals surface area contributed by atoms with E-state index in [4.69, 9.17) is 5.73 Å². The van der Waals surface area contributed by atoms with E-state index in [0.717, 1.165) is 30.0 Å². The van der Waals surface area contributed by atoms with Crippen LogP contribution < -0.4 is 5.73 Å². The van der Waals surface area contributed by atoms with Gasteiger partial charge < -0.3 is 10.6 Å². The smallest absolute Gasteiger partial charge is 0.225 e. The van der Waals surface area contributed by atoms with Crippen LogP contribution in [0.5, 0.6) is 0 Å². The second kappa shape index (κ2) is 6.09. The highest BCUT2D eigenvalue weighted by Crippen LogP contribution is 2.29. The molecule has 1 fully saturated rings. The quantitative estimate of drug-likeness (QED) is 0.849. The summed E-state index contributed by atoms with van der Waals surface area (Å²) in [7, 11) is 1.88. The Hall–Kier alpha value is -1.51. The Bertz CT molecular complexity index is 436. The van der Waals surface area contributed by atoms with E-state index in [1.54, 1.807) is 0 Å². The summed E-state index contributed by atoms with van der Waals surface area (Å²) < 4.78 is 0. The number of carbonyl (C=O) groups excluding carboxylic acids is 1. The normalized spacial score (nSPS) is 23.1. The topological polar surface area (TPSA) is 46.3 Å². The lowest BCUT2D eigenvalue weighted by molar-refractivity contribution is -0.136. The highest BCUT2D eigenvalue weighted by Gasteiger charge is 2.26. The summed E-state index contributed by atoms with van der Waals surface area (Å²) in [6.07, 6.45) is 4.43. The second-order valence-electron chi connectivity index (χ2n) is 5.85. The fraction of sp³-hybridized carbons (Fsp3) is 0.562. The molecule has 3 nitrogen and oxygen atoms in total. The van der Waals surface area contributed by atoms with Crippen molar-refractivity contribution in [2.24, 2.45) is 11.8 Å². The molecule has 1 saturated carbocycles. The number of carbonyl (C=O) groups is 1. The summed E-state index contributed by atoms with van der Waals surface area (Å²) in [5.41, 5.74) is 7.72. The summed E-state index contributed by atoms with van der Waals surface area (Å²) in [4.78, 5) is 14.2. The number of anilines is 1. The van der Waals surface area contributed by atoms with Crippen molar-refractivity contribution in [1.29, 1.82) is 0 Å². The standard InChI is InChI=1S/C16H24N2O/c1-12-7-9-13(10-8-12)16(19)18(2)11-14-5-3-4-6-15(14)17/h3-6,12-13H,7-11,17H2,1-2H3. The number of hydrogen-bond acceptors (Lipinski definition) is 2. The first kappa shape index (κ1) is 13.9. The zero-order chi connectivity index (χ0) is 13.8. The Morgan fingerprint density at radius 1 is 1.26 bits per heavy atom. The Balaban J connectivity index is 1.94. The van der Waals surface area contributed by atoms with Gasteiger partial charge in [0.15, 0.2) is 0 Å². The van der Waals surface area contributed by atoms with Gasteiger partial charge in [0, 0.05) is 25.2 Å². The third-order valence-electron chi connectivity index (χ3n) is 4.20. The minimum atomic E-state index is 0.214. The molecule has 2 rings (SSSR count). The molecule has 0 saturated heterocycles. The molecule has 0 atom stereocenters. The van der Waals surface area contributed by atoms with Crippen molar-refractivity contribution in [2.45, 2.75) is 39.2 Å². The molecule has 1 aliphatic rings. The number of para-hydroxylation sites is 1. The van der Waals surface area contributed by atoms with Crippen LogP contribution in [0.25, 0.3) is 0 Å². The average Bonchev–Trinajstić information content (AvgIpc) is 2.41. The number of amides is 1. The van der Waals surface area contributed by atoms with Gasteiger partial charge in [-0.1, -0.05) is 25.1 Å². The average molecular weight is 260 g/mol. The highest BCUT2D eigenvalue weighted by molar-refractivity contribution is 5.78. The Labute approximate surface area is 115 Å². The van der Waals surface area contributed by atoms with Crippen LogP contribution in [0.3, 0.4) is 0 Å². The van der Waals surface area contributed by atoms with Crippen LogP contribution in [-0.2, 0) is 11.3 Å².